The molecule has 3 rings (SSSR count). The summed E-state index contributed by atoms with van der Waals surface area (Å²) >= 11 is 4.40. The van der Waals surface area contributed by atoms with Gasteiger partial charge in [-0.25, -0.2) is 9.37 Å². The van der Waals surface area contributed by atoms with Gasteiger partial charge in [-0.05, 0) is 22.0 Å². The molecule has 0 atom stereocenters. The number of rotatable bonds is 1. The number of hydrogen-bond donors (Lipinski definition) is 1. The van der Waals surface area contributed by atoms with Crippen molar-refractivity contribution in [3.05, 3.63) is 32.3 Å². The van der Waals surface area contributed by atoms with Crippen molar-refractivity contribution in [2.24, 2.45) is 5.73 Å². The Hall–Kier alpha value is -1.47. The smallest absolute Gasteiger partial charge is 0.277 e. The van der Waals surface area contributed by atoms with E-state index in [1.165, 1.54) is 17.4 Å². The number of nitrogens with zero attached hydrogens (tertiary/aromatic N) is 1. The second-order valence-corrected chi connectivity index (χ2v) is 5.95. The zero-order valence-electron chi connectivity index (χ0n) is 9.57. The third-order valence-electron chi connectivity index (χ3n) is 2.77. The molecule has 1 aliphatic rings. The zero-order chi connectivity index (χ0) is 13.6. The van der Waals surface area contributed by atoms with Crippen molar-refractivity contribution < 1.29 is 13.9 Å². The van der Waals surface area contributed by atoms with Crippen LogP contribution in [0.4, 0.5) is 4.39 Å². The Morgan fingerprint density at radius 1 is 1.53 bits per heavy atom. The van der Waals surface area contributed by atoms with Crippen LogP contribution in [0.25, 0.3) is 11.3 Å². The zero-order valence-corrected chi connectivity index (χ0v) is 12.0. The highest BCUT2D eigenvalue weighted by atomic mass is 79.9. The normalized spacial score (nSPS) is 13.2. The molecule has 0 saturated carbocycles. The van der Waals surface area contributed by atoms with Crippen LogP contribution in [0, 0.1) is 5.82 Å². The lowest BCUT2D eigenvalue weighted by atomic mass is 10.1. The molecule has 0 bridgehead atoms. The van der Waals surface area contributed by atoms with E-state index >= 15 is 0 Å². The molecule has 0 spiro atoms. The fourth-order valence-electron chi connectivity index (χ4n) is 1.92. The van der Waals surface area contributed by atoms with Crippen LogP contribution in [-0.2, 0) is 6.42 Å². The van der Waals surface area contributed by atoms with Gasteiger partial charge in [0.05, 0.1) is 16.8 Å². The van der Waals surface area contributed by atoms with Gasteiger partial charge in [0, 0.05) is 22.9 Å². The van der Waals surface area contributed by atoms with Gasteiger partial charge in [-0.2, -0.15) is 0 Å². The van der Waals surface area contributed by atoms with E-state index in [4.69, 9.17) is 10.5 Å². The molecule has 1 aromatic heterocycles. The van der Waals surface area contributed by atoms with Gasteiger partial charge in [0.25, 0.3) is 5.91 Å². The monoisotopic (exact) mass is 342 g/mol. The van der Waals surface area contributed by atoms with Gasteiger partial charge in [-0.1, -0.05) is 0 Å². The van der Waals surface area contributed by atoms with Crippen LogP contribution in [0.15, 0.2) is 16.6 Å². The number of amides is 1. The fourth-order valence-corrected chi connectivity index (χ4v) is 3.18. The second-order valence-electron chi connectivity index (χ2n) is 4.02. The number of hydrogen-bond acceptors (Lipinski definition) is 4. The predicted molar refractivity (Wildman–Crippen MR) is 72.9 cm³/mol. The third kappa shape index (κ3) is 2.12. The van der Waals surface area contributed by atoms with Crippen LogP contribution >= 0.6 is 27.3 Å². The summed E-state index contributed by atoms with van der Waals surface area (Å²) < 4.78 is 19.4. The Kier molecular flexibility index (Phi) is 3.02. The number of carbonyl (C=O) groups is 1. The van der Waals surface area contributed by atoms with E-state index < -0.39 is 11.7 Å². The molecule has 7 heteroatoms. The summed E-state index contributed by atoms with van der Waals surface area (Å²) in [5.41, 5.74) is 6.56. The molecular weight excluding hydrogens is 335 g/mol. The van der Waals surface area contributed by atoms with E-state index in [1.807, 2.05) is 0 Å². The standard InChI is InChI=1S/C12H8BrFN2O2S/c13-6-3-5-8(4-7(6)14)18-2-1-9-10(5)16-12(19-9)11(15)17/h3-4H,1-2H2,(H2,15,17). The van der Waals surface area contributed by atoms with Gasteiger partial charge < -0.3 is 10.5 Å². The average molecular weight is 343 g/mol. The number of thiazole rings is 1. The van der Waals surface area contributed by atoms with Crippen molar-refractivity contribution in [3.8, 4) is 17.0 Å². The maximum atomic E-state index is 13.5. The van der Waals surface area contributed by atoms with Crippen molar-refractivity contribution in [1.29, 1.82) is 0 Å². The summed E-state index contributed by atoms with van der Waals surface area (Å²) in [5, 5.41) is 0.262. The van der Waals surface area contributed by atoms with Gasteiger partial charge in [0.1, 0.15) is 11.6 Å². The molecule has 2 heterocycles. The van der Waals surface area contributed by atoms with E-state index in [9.17, 15) is 9.18 Å². The summed E-state index contributed by atoms with van der Waals surface area (Å²) in [5.74, 6) is -0.518. The van der Waals surface area contributed by atoms with Gasteiger partial charge in [0.2, 0.25) is 0 Å². The van der Waals surface area contributed by atoms with Crippen LogP contribution in [0.3, 0.4) is 0 Å². The van der Waals surface area contributed by atoms with Crippen LogP contribution in [0.2, 0.25) is 0 Å². The molecule has 0 radical (unpaired) electrons. The summed E-state index contributed by atoms with van der Waals surface area (Å²) in [7, 11) is 0. The minimum Gasteiger partial charge on any atom is -0.492 e. The first kappa shape index (κ1) is 12.6. The first-order valence-corrected chi connectivity index (χ1v) is 7.09. The van der Waals surface area contributed by atoms with Crippen molar-refractivity contribution in [1.82, 2.24) is 4.98 Å². The van der Waals surface area contributed by atoms with E-state index in [0.29, 0.717) is 34.5 Å². The van der Waals surface area contributed by atoms with Crippen molar-refractivity contribution in [2.45, 2.75) is 6.42 Å². The number of halogens is 2. The van der Waals surface area contributed by atoms with Crippen molar-refractivity contribution in [2.75, 3.05) is 6.61 Å². The number of primary amides is 1. The Labute approximate surface area is 120 Å². The topological polar surface area (TPSA) is 65.2 Å². The van der Waals surface area contributed by atoms with Crippen LogP contribution in [0.1, 0.15) is 14.7 Å². The summed E-state index contributed by atoms with van der Waals surface area (Å²) in [6, 6.07) is 2.93. The molecule has 2 aromatic rings. The lowest BCUT2D eigenvalue weighted by Gasteiger charge is -2.07. The highest BCUT2D eigenvalue weighted by molar-refractivity contribution is 9.10. The Bertz CT molecular complexity index is 687. The minimum absolute atomic E-state index is 0.262. The summed E-state index contributed by atoms with van der Waals surface area (Å²) in [4.78, 5) is 16.4. The van der Waals surface area contributed by atoms with E-state index in [-0.39, 0.29) is 5.01 Å². The van der Waals surface area contributed by atoms with E-state index in [0.717, 1.165) is 4.88 Å². The van der Waals surface area contributed by atoms with Gasteiger partial charge in [-0.3, -0.25) is 4.79 Å². The molecule has 98 valence electrons. The number of ether oxygens (including phenoxy) is 1. The average Bonchev–Trinajstić information content (AvgIpc) is 2.71. The number of aromatic nitrogens is 1. The van der Waals surface area contributed by atoms with E-state index in [1.54, 1.807) is 6.07 Å². The second kappa shape index (κ2) is 4.57. The lowest BCUT2D eigenvalue weighted by Crippen LogP contribution is -2.10. The molecular formula is C12H8BrFN2O2S. The number of carbonyl (C=O) groups excluding carboxylic acids is 1. The minimum atomic E-state index is -0.554. The molecule has 0 fully saturated rings. The van der Waals surface area contributed by atoms with Crippen molar-refractivity contribution in [3.63, 3.8) is 0 Å². The van der Waals surface area contributed by atoms with Gasteiger partial charge in [0.15, 0.2) is 5.01 Å². The van der Waals surface area contributed by atoms with Crippen molar-refractivity contribution >= 4 is 33.2 Å². The number of nitrogens with two attached hydrogens (primary N) is 1. The van der Waals surface area contributed by atoms with E-state index in [2.05, 4.69) is 20.9 Å². The maximum absolute atomic E-state index is 13.5. The predicted octanol–water partition coefficient (Wildman–Crippen LogP) is 2.75. The fraction of sp³-hybridized carbons (Fsp3) is 0.167. The molecule has 1 amide bonds. The number of benzene rings is 1. The third-order valence-corrected chi connectivity index (χ3v) is 4.51. The van der Waals surface area contributed by atoms with Gasteiger partial charge in [-0.15, -0.1) is 11.3 Å². The van der Waals surface area contributed by atoms with Crippen LogP contribution in [0.5, 0.6) is 5.75 Å². The summed E-state index contributed by atoms with van der Waals surface area (Å²) in [6.07, 6.45) is 0.619. The van der Waals surface area contributed by atoms with Crippen LogP contribution < -0.4 is 10.5 Å². The molecule has 0 aliphatic carbocycles. The lowest BCUT2D eigenvalue weighted by molar-refractivity contribution is 0.1000. The Morgan fingerprint density at radius 3 is 3.05 bits per heavy atom. The maximum Gasteiger partial charge on any atom is 0.277 e. The van der Waals surface area contributed by atoms with Gasteiger partial charge >= 0.3 is 0 Å². The first-order chi connectivity index (χ1) is 9.06. The molecule has 19 heavy (non-hydrogen) atoms. The highest BCUT2D eigenvalue weighted by Gasteiger charge is 2.23. The number of fused-ring (bicyclic) bond motifs is 3. The Morgan fingerprint density at radius 2 is 2.32 bits per heavy atom. The molecule has 4 nitrogen and oxygen atoms in total. The molecule has 1 aromatic carbocycles. The largest absolute Gasteiger partial charge is 0.492 e. The molecule has 2 N–H and O–H groups in total. The SMILES string of the molecule is NC(=O)c1nc2c(s1)CCOc1cc(F)c(Br)cc1-2. The molecule has 0 saturated heterocycles. The Balaban J connectivity index is 2.23. The quantitative estimate of drug-likeness (QED) is 0.866. The summed E-state index contributed by atoms with van der Waals surface area (Å²) in [6.45, 7) is 0.418. The van der Waals surface area contributed by atoms with Crippen LogP contribution in [-0.4, -0.2) is 17.5 Å². The first-order valence-electron chi connectivity index (χ1n) is 5.48. The molecule has 0 unspecified atom stereocenters. The highest BCUT2D eigenvalue weighted by Crippen LogP contribution is 2.39. The molecule has 1 aliphatic heterocycles.